The number of hydrogen-bond acceptors (Lipinski definition) is 3. The van der Waals surface area contributed by atoms with E-state index in [2.05, 4.69) is 20.9 Å². The maximum Gasteiger partial charge on any atom is 0.261 e. The van der Waals surface area contributed by atoms with Gasteiger partial charge in [0, 0.05) is 15.2 Å². The molecule has 0 aliphatic heterocycles. The first-order chi connectivity index (χ1) is 10.0. The standard InChI is InChI=1S/C15H11BrClN3O/c16-10-2-4-14-12(5-10)15(21)20(8-19-14)7-9-1-3-11(18)6-13(9)17/h1-6,8H,7,18H2. The Morgan fingerprint density at radius 2 is 2.05 bits per heavy atom. The van der Waals surface area contributed by atoms with Gasteiger partial charge in [0.05, 0.1) is 23.8 Å². The molecule has 2 aromatic carbocycles. The minimum absolute atomic E-state index is 0.103. The molecule has 106 valence electrons. The molecule has 4 nitrogen and oxygen atoms in total. The number of nitrogens with zero attached hydrogens (tertiary/aromatic N) is 2. The molecule has 0 aliphatic rings. The lowest BCUT2D eigenvalue weighted by atomic mass is 10.2. The molecule has 0 unspecified atom stereocenters. The van der Waals surface area contributed by atoms with Crippen molar-refractivity contribution in [3.63, 3.8) is 0 Å². The van der Waals surface area contributed by atoms with E-state index >= 15 is 0 Å². The molecule has 0 aliphatic carbocycles. The van der Waals surface area contributed by atoms with E-state index in [0.29, 0.717) is 28.2 Å². The van der Waals surface area contributed by atoms with Crippen molar-refractivity contribution in [3.05, 3.63) is 68.1 Å². The Kier molecular flexibility index (Phi) is 3.69. The summed E-state index contributed by atoms with van der Waals surface area (Å²) < 4.78 is 2.38. The Labute approximate surface area is 134 Å². The molecule has 0 amide bonds. The topological polar surface area (TPSA) is 60.9 Å². The molecule has 3 rings (SSSR count). The number of rotatable bonds is 2. The van der Waals surface area contributed by atoms with Crippen LogP contribution in [0.3, 0.4) is 0 Å². The summed E-state index contributed by atoms with van der Waals surface area (Å²) in [5, 5.41) is 1.11. The van der Waals surface area contributed by atoms with E-state index in [1.54, 1.807) is 24.3 Å². The van der Waals surface area contributed by atoms with Crippen LogP contribution in [0.25, 0.3) is 10.9 Å². The molecule has 0 saturated heterocycles. The van der Waals surface area contributed by atoms with Gasteiger partial charge in [0.1, 0.15) is 0 Å². The molecule has 0 saturated carbocycles. The lowest BCUT2D eigenvalue weighted by Crippen LogP contribution is -2.21. The third kappa shape index (κ3) is 2.80. The van der Waals surface area contributed by atoms with E-state index in [0.717, 1.165) is 10.0 Å². The Hall–Kier alpha value is -1.85. The Morgan fingerprint density at radius 3 is 2.81 bits per heavy atom. The lowest BCUT2D eigenvalue weighted by molar-refractivity contribution is 0.748. The summed E-state index contributed by atoms with van der Waals surface area (Å²) >= 11 is 9.52. The number of hydrogen-bond donors (Lipinski definition) is 1. The smallest absolute Gasteiger partial charge is 0.261 e. The van der Waals surface area contributed by atoms with Crippen LogP contribution < -0.4 is 11.3 Å². The highest BCUT2D eigenvalue weighted by Crippen LogP contribution is 2.20. The molecule has 21 heavy (non-hydrogen) atoms. The van der Waals surface area contributed by atoms with Crippen molar-refractivity contribution in [3.8, 4) is 0 Å². The minimum atomic E-state index is -0.103. The lowest BCUT2D eigenvalue weighted by Gasteiger charge is -2.09. The molecule has 1 aromatic heterocycles. The summed E-state index contributed by atoms with van der Waals surface area (Å²) in [6, 6.07) is 10.7. The first-order valence-electron chi connectivity index (χ1n) is 6.23. The normalized spacial score (nSPS) is 11.0. The van der Waals surface area contributed by atoms with Gasteiger partial charge in [0.15, 0.2) is 0 Å². The first kappa shape index (κ1) is 14.1. The van der Waals surface area contributed by atoms with Gasteiger partial charge in [-0.25, -0.2) is 4.98 Å². The number of halogens is 2. The molecule has 2 N–H and O–H groups in total. The highest BCUT2D eigenvalue weighted by atomic mass is 79.9. The second-order valence-electron chi connectivity index (χ2n) is 4.69. The number of nitrogens with two attached hydrogens (primary N) is 1. The van der Waals surface area contributed by atoms with E-state index in [-0.39, 0.29) is 5.56 Å². The summed E-state index contributed by atoms with van der Waals surface area (Å²) in [6.07, 6.45) is 1.53. The Bertz CT molecular complexity index is 892. The van der Waals surface area contributed by atoms with E-state index < -0.39 is 0 Å². The maximum atomic E-state index is 12.5. The van der Waals surface area contributed by atoms with Gasteiger partial charge in [0.25, 0.3) is 5.56 Å². The van der Waals surface area contributed by atoms with Crippen LogP contribution in [-0.4, -0.2) is 9.55 Å². The summed E-state index contributed by atoms with van der Waals surface area (Å²) in [5.74, 6) is 0. The number of fused-ring (bicyclic) bond motifs is 1. The van der Waals surface area contributed by atoms with Crippen LogP contribution >= 0.6 is 27.5 Å². The van der Waals surface area contributed by atoms with Gasteiger partial charge in [-0.3, -0.25) is 9.36 Å². The van der Waals surface area contributed by atoms with Crippen molar-refractivity contribution in [2.24, 2.45) is 0 Å². The van der Waals surface area contributed by atoms with E-state index in [4.69, 9.17) is 17.3 Å². The van der Waals surface area contributed by atoms with Gasteiger partial charge in [-0.2, -0.15) is 0 Å². The second kappa shape index (κ2) is 5.50. The maximum absolute atomic E-state index is 12.5. The fraction of sp³-hybridized carbons (Fsp3) is 0.0667. The average molecular weight is 365 g/mol. The first-order valence-corrected chi connectivity index (χ1v) is 7.40. The monoisotopic (exact) mass is 363 g/mol. The quantitative estimate of drug-likeness (QED) is 0.709. The van der Waals surface area contributed by atoms with Gasteiger partial charge >= 0.3 is 0 Å². The number of anilines is 1. The largest absolute Gasteiger partial charge is 0.399 e. The predicted molar refractivity (Wildman–Crippen MR) is 88.7 cm³/mol. The van der Waals surface area contributed by atoms with Crippen molar-refractivity contribution in [2.75, 3.05) is 5.73 Å². The van der Waals surface area contributed by atoms with Crippen LogP contribution in [0, 0.1) is 0 Å². The van der Waals surface area contributed by atoms with Crippen LogP contribution in [0.1, 0.15) is 5.56 Å². The highest BCUT2D eigenvalue weighted by molar-refractivity contribution is 9.10. The molecule has 0 spiro atoms. The van der Waals surface area contributed by atoms with Crippen LogP contribution in [0.15, 0.2) is 52.0 Å². The Balaban J connectivity index is 2.09. The third-order valence-electron chi connectivity index (χ3n) is 3.20. The zero-order chi connectivity index (χ0) is 15.0. The summed E-state index contributed by atoms with van der Waals surface area (Å²) in [5.41, 5.74) is 7.66. The fourth-order valence-electron chi connectivity index (χ4n) is 2.12. The highest BCUT2D eigenvalue weighted by Gasteiger charge is 2.07. The predicted octanol–water partition coefficient (Wildman–Crippen LogP) is 3.44. The van der Waals surface area contributed by atoms with E-state index in [1.807, 2.05) is 12.1 Å². The van der Waals surface area contributed by atoms with Crippen molar-refractivity contribution in [1.82, 2.24) is 9.55 Å². The third-order valence-corrected chi connectivity index (χ3v) is 4.05. The molecule has 6 heteroatoms. The van der Waals surface area contributed by atoms with Gasteiger partial charge in [-0.1, -0.05) is 33.6 Å². The summed E-state index contributed by atoms with van der Waals surface area (Å²) in [4.78, 5) is 16.8. The number of nitrogen functional groups attached to an aromatic ring is 1. The second-order valence-corrected chi connectivity index (χ2v) is 6.01. The van der Waals surface area contributed by atoms with Gasteiger partial charge < -0.3 is 5.73 Å². The van der Waals surface area contributed by atoms with Crippen LogP contribution in [0.4, 0.5) is 5.69 Å². The average Bonchev–Trinajstić information content (AvgIpc) is 2.45. The Morgan fingerprint density at radius 1 is 1.24 bits per heavy atom. The molecule has 0 bridgehead atoms. The summed E-state index contributed by atoms with van der Waals surface area (Å²) in [6.45, 7) is 0.355. The van der Waals surface area contributed by atoms with Crippen molar-refractivity contribution >= 4 is 44.1 Å². The van der Waals surface area contributed by atoms with Crippen LogP contribution in [-0.2, 0) is 6.54 Å². The number of benzene rings is 2. The van der Waals surface area contributed by atoms with E-state index in [1.165, 1.54) is 10.9 Å². The molecule has 0 atom stereocenters. The molecule has 0 radical (unpaired) electrons. The molecule has 1 heterocycles. The minimum Gasteiger partial charge on any atom is -0.399 e. The van der Waals surface area contributed by atoms with Crippen LogP contribution in [0.2, 0.25) is 5.02 Å². The molecular formula is C15H11BrClN3O. The number of aromatic nitrogens is 2. The zero-order valence-electron chi connectivity index (χ0n) is 10.9. The van der Waals surface area contributed by atoms with E-state index in [9.17, 15) is 4.79 Å². The van der Waals surface area contributed by atoms with Crippen molar-refractivity contribution in [2.45, 2.75) is 6.54 Å². The molecule has 0 fully saturated rings. The summed E-state index contributed by atoms with van der Waals surface area (Å²) in [7, 11) is 0. The molecular weight excluding hydrogens is 354 g/mol. The zero-order valence-corrected chi connectivity index (χ0v) is 13.2. The van der Waals surface area contributed by atoms with Crippen molar-refractivity contribution in [1.29, 1.82) is 0 Å². The van der Waals surface area contributed by atoms with Gasteiger partial charge in [-0.05, 0) is 35.9 Å². The van der Waals surface area contributed by atoms with Crippen molar-refractivity contribution < 1.29 is 0 Å². The van der Waals surface area contributed by atoms with Gasteiger partial charge in [0.2, 0.25) is 0 Å². The van der Waals surface area contributed by atoms with Gasteiger partial charge in [-0.15, -0.1) is 0 Å². The molecule has 3 aromatic rings. The van der Waals surface area contributed by atoms with Crippen LogP contribution in [0.5, 0.6) is 0 Å². The SMILES string of the molecule is Nc1ccc(Cn2cnc3ccc(Br)cc3c2=O)c(Cl)c1. The fourth-order valence-corrected chi connectivity index (χ4v) is 2.73.